The van der Waals surface area contributed by atoms with Gasteiger partial charge in [0.1, 0.15) is 10.8 Å². The first kappa shape index (κ1) is 14.5. The minimum absolute atomic E-state index is 0.0408. The normalized spacial score (nSPS) is 10.6. The lowest BCUT2D eigenvalue weighted by atomic mass is 10.3. The predicted octanol–water partition coefficient (Wildman–Crippen LogP) is 2.97. The van der Waals surface area contributed by atoms with Crippen molar-refractivity contribution in [1.29, 1.82) is 0 Å². The second-order valence-electron chi connectivity index (χ2n) is 4.80. The van der Waals surface area contributed by atoms with E-state index in [-0.39, 0.29) is 5.91 Å². The summed E-state index contributed by atoms with van der Waals surface area (Å²) in [4.78, 5) is 21.6. The highest BCUT2D eigenvalue weighted by Gasteiger charge is 2.13. The zero-order valence-corrected chi connectivity index (χ0v) is 12.9. The fraction of sp³-hybridized carbons (Fsp3) is 0.188. The molecule has 112 valence electrons. The van der Waals surface area contributed by atoms with E-state index in [4.69, 9.17) is 4.42 Å². The molecule has 3 aromatic rings. The average Bonchev–Trinajstić information content (AvgIpc) is 3.17. The number of carbonyl (C=O) groups is 1. The molecule has 0 bridgehead atoms. The Morgan fingerprint density at radius 3 is 3.00 bits per heavy atom. The molecule has 1 amide bonds. The number of amides is 1. The molecule has 6 heteroatoms. The molecule has 0 aliphatic heterocycles. The van der Waals surface area contributed by atoms with E-state index < -0.39 is 0 Å². The minimum atomic E-state index is -0.0408. The number of hydrogen-bond acceptors (Lipinski definition) is 5. The van der Waals surface area contributed by atoms with Crippen LogP contribution in [0.5, 0.6) is 0 Å². The molecule has 0 spiro atoms. The number of aromatic nitrogens is 2. The topological polar surface area (TPSA) is 68.0 Å². The maximum absolute atomic E-state index is 12.0. The predicted molar refractivity (Wildman–Crippen MR) is 84.3 cm³/mol. The van der Waals surface area contributed by atoms with Crippen molar-refractivity contribution in [2.45, 2.75) is 19.9 Å². The number of pyridine rings is 1. The van der Waals surface area contributed by atoms with Gasteiger partial charge in [-0.15, -0.1) is 11.3 Å². The summed E-state index contributed by atoms with van der Waals surface area (Å²) in [5, 5.41) is 3.73. The second-order valence-corrected chi connectivity index (χ2v) is 5.89. The van der Waals surface area contributed by atoms with E-state index >= 15 is 0 Å². The number of furan rings is 1. The van der Waals surface area contributed by atoms with Gasteiger partial charge in [0.15, 0.2) is 0 Å². The molecule has 3 heterocycles. The van der Waals surface area contributed by atoms with Crippen molar-refractivity contribution in [3.05, 3.63) is 59.3 Å². The third-order valence-electron chi connectivity index (χ3n) is 3.16. The minimum Gasteiger partial charge on any atom is -0.467 e. The number of thiazole rings is 1. The summed E-state index contributed by atoms with van der Waals surface area (Å²) >= 11 is 1.53. The Kier molecular flexibility index (Phi) is 4.29. The van der Waals surface area contributed by atoms with Gasteiger partial charge in [0.05, 0.1) is 24.9 Å². The van der Waals surface area contributed by atoms with E-state index in [0.717, 1.165) is 26.9 Å². The zero-order valence-electron chi connectivity index (χ0n) is 12.1. The van der Waals surface area contributed by atoms with Gasteiger partial charge in [0, 0.05) is 22.8 Å². The van der Waals surface area contributed by atoms with Crippen molar-refractivity contribution < 1.29 is 9.21 Å². The van der Waals surface area contributed by atoms with Gasteiger partial charge in [0.25, 0.3) is 0 Å². The Hall–Kier alpha value is -2.47. The van der Waals surface area contributed by atoms with Crippen molar-refractivity contribution in [3.8, 4) is 10.6 Å². The number of nitrogens with zero attached hydrogens (tertiary/aromatic N) is 2. The van der Waals surface area contributed by atoms with Crippen LogP contribution in [0.15, 0.2) is 47.3 Å². The maximum atomic E-state index is 12.0. The van der Waals surface area contributed by atoms with Crippen LogP contribution in [-0.4, -0.2) is 15.9 Å². The molecule has 0 aromatic carbocycles. The highest BCUT2D eigenvalue weighted by atomic mass is 32.1. The summed E-state index contributed by atoms with van der Waals surface area (Å²) < 4.78 is 5.19. The lowest BCUT2D eigenvalue weighted by Gasteiger charge is -2.02. The first-order valence-electron chi connectivity index (χ1n) is 6.88. The van der Waals surface area contributed by atoms with Crippen LogP contribution in [0.2, 0.25) is 0 Å². The third-order valence-corrected chi connectivity index (χ3v) is 4.37. The van der Waals surface area contributed by atoms with E-state index in [0.29, 0.717) is 13.0 Å². The summed E-state index contributed by atoms with van der Waals surface area (Å²) in [7, 11) is 0. The SMILES string of the molecule is Cc1nc(-c2cccnc2)sc1CC(=O)NCc1ccco1. The number of hydrogen-bond donors (Lipinski definition) is 1. The fourth-order valence-corrected chi connectivity index (χ4v) is 3.06. The average molecular weight is 313 g/mol. The molecule has 0 radical (unpaired) electrons. The lowest BCUT2D eigenvalue weighted by Crippen LogP contribution is -2.24. The number of rotatable bonds is 5. The van der Waals surface area contributed by atoms with Crippen molar-refractivity contribution in [2.24, 2.45) is 0 Å². The van der Waals surface area contributed by atoms with E-state index in [9.17, 15) is 4.79 Å². The molecule has 1 N–H and O–H groups in total. The second kappa shape index (κ2) is 6.53. The summed E-state index contributed by atoms with van der Waals surface area (Å²) in [6.07, 6.45) is 5.42. The van der Waals surface area contributed by atoms with Crippen LogP contribution in [0.1, 0.15) is 16.3 Å². The molecule has 0 aliphatic carbocycles. The van der Waals surface area contributed by atoms with Gasteiger partial charge in [-0.1, -0.05) is 0 Å². The lowest BCUT2D eigenvalue weighted by molar-refractivity contribution is -0.120. The van der Waals surface area contributed by atoms with Gasteiger partial charge in [0.2, 0.25) is 5.91 Å². The first-order valence-corrected chi connectivity index (χ1v) is 7.70. The van der Waals surface area contributed by atoms with Crippen molar-refractivity contribution in [3.63, 3.8) is 0 Å². The van der Waals surface area contributed by atoms with Crippen LogP contribution >= 0.6 is 11.3 Å². The number of nitrogens with one attached hydrogen (secondary N) is 1. The summed E-state index contributed by atoms with van der Waals surface area (Å²) in [5.41, 5.74) is 1.86. The van der Waals surface area contributed by atoms with Crippen LogP contribution in [0.4, 0.5) is 0 Å². The van der Waals surface area contributed by atoms with Crippen molar-refractivity contribution >= 4 is 17.2 Å². The molecule has 0 saturated heterocycles. The number of carbonyl (C=O) groups excluding carboxylic acids is 1. The van der Waals surface area contributed by atoms with E-state index in [1.807, 2.05) is 25.1 Å². The first-order chi connectivity index (χ1) is 10.7. The summed E-state index contributed by atoms with van der Waals surface area (Å²) in [6, 6.07) is 7.47. The van der Waals surface area contributed by atoms with E-state index in [2.05, 4.69) is 15.3 Å². The van der Waals surface area contributed by atoms with E-state index in [1.54, 1.807) is 24.7 Å². The van der Waals surface area contributed by atoms with Gasteiger partial charge < -0.3 is 9.73 Å². The standard InChI is InChI=1S/C16H15N3O2S/c1-11-14(8-15(20)18-10-13-5-3-7-21-13)22-16(19-11)12-4-2-6-17-9-12/h2-7,9H,8,10H2,1H3,(H,18,20). The van der Waals surface area contributed by atoms with Gasteiger partial charge in [-0.2, -0.15) is 0 Å². The Labute approximate surface area is 132 Å². The number of aryl methyl sites for hydroxylation is 1. The van der Waals surface area contributed by atoms with Crippen LogP contribution in [0.25, 0.3) is 10.6 Å². The quantitative estimate of drug-likeness (QED) is 0.786. The molecule has 0 aliphatic rings. The Balaban J connectivity index is 1.65. The largest absolute Gasteiger partial charge is 0.467 e. The third kappa shape index (κ3) is 3.40. The molecule has 0 saturated carbocycles. The van der Waals surface area contributed by atoms with Crippen LogP contribution in [0, 0.1) is 6.92 Å². The Morgan fingerprint density at radius 1 is 1.36 bits per heavy atom. The molecule has 3 aromatic heterocycles. The van der Waals surface area contributed by atoms with Crippen molar-refractivity contribution in [2.75, 3.05) is 0 Å². The van der Waals surface area contributed by atoms with E-state index in [1.165, 1.54) is 11.3 Å². The summed E-state index contributed by atoms with van der Waals surface area (Å²) in [6.45, 7) is 2.32. The smallest absolute Gasteiger partial charge is 0.225 e. The van der Waals surface area contributed by atoms with Gasteiger partial charge in [-0.3, -0.25) is 9.78 Å². The van der Waals surface area contributed by atoms with Crippen LogP contribution < -0.4 is 5.32 Å². The molecule has 0 unspecified atom stereocenters. The monoisotopic (exact) mass is 313 g/mol. The maximum Gasteiger partial charge on any atom is 0.225 e. The summed E-state index contributed by atoms with van der Waals surface area (Å²) in [5.74, 6) is 0.700. The molecule has 0 fully saturated rings. The molecular weight excluding hydrogens is 298 g/mol. The van der Waals surface area contributed by atoms with Crippen LogP contribution in [-0.2, 0) is 17.8 Å². The van der Waals surface area contributed by atoms with Gasteiger partial charge in [-0.05, 0) is 31.2 Å². The Bertz CT molecular complexity index is 751. The highest BCUT2D eigenvalue weighted by Crippen LogP contribution is 2.27. The van der Waals surface area contributed by atoms with Gasteiger partial charge >= 0.3 is 0 Å². The molecule has 0 atom stereocenters. The van der Waals surface area contributed by atoms with Crippen molar-refractivity contribution in [1.82, 2.24) is 15.3 Å². The Morgan fingerprint density at radius 2 is 2.27 bits per heavy atom. The molecule has 22 heavy (non-hydrogen) atoms. The fourth-order valence-electron chi connectivity index (χ4n) is 2.01. The molecular formula is C16H15N3O2S. The zero-order chi connectivity index (χ0) is 15.4. The molecule has 3 rings (SSSR count). The van der Waals surface area contributed by atoms with Gasteiger partial charge in [-0.25, -0.2) is 4.98 Å². The van der Waals surface area contributed by atoms with Crippen LogP contribution in [0.3, 0.4) is 0 Å². The molecule has 5 nitrogen and oxygen atoms in total. The highest BCUT2D eigenvalue weighted by molar-refractivity contribution is 7.15.